The number of imide groups is 1. The van der Waals surface area contributed by atoms with Gasteiger partial charge in [-0.05, 0) is 42.7 Å². The van der Waals surface area contributed by atoms with Gasteiger partial charge < -0.3 is 21.3 Å². The molecule has 0 aliphatic carbocycles. The monoisotopic (exact) mass is 576 g/mol. The fourth-order valence-corrected chi connectivity index (χ4v) is 6.66. The highest BCUT2D eigenvalue weighted by Gasteiger charge is 2.76. The first-order chi connectivity index (χ1) is 20.0. The Bertz CT molecular complexity index is 1530. The minimum absolute atomic E-state index is 0.0243. The summed E-state index contributed by atoms with van der Waals surface area (Å²) in [5.41, 5.74) is 13.6. The third kappa shape index (κ3) is 3.89. The number of aliphatic imine (C=N–C) groups is 1. The van der Waals surface area contributed by atoms with Gasteiger partial charge in [0.15, 0.2) is 12.0 Å². The number of anilines is 1. The van der Waals surface area contributed by atoms with Gasteiger partial charge >= 0.3 is 12.0 Å². The largest absolute Gasteiger partial charge is 0.370 e. The minimum Gasteiger partial charge on any atom is -0.370 e. The molecule has 14 nitrogen and oxygen atoms in total. The van der Waals surface area contributed by atoms with Gasteiger partial charge in [-0.25, -0.2) is 15.1 Å². The number of guanidine groups is 2. The fraction of sp³-hybridized carbons (Fsp3) is 0.393. The molecule has 6 rings (SSSR count). The van der Waals surface area contributed by atoms with E-state index in [4.69, 9.17) is 11.5 Å². The molecule has 0 saturated carbocycles. The molecule has 14 heteroatoms. The van der Waals surface area contributed by atoms with Crippen LogP contribution in [0.5, 0.6) is 0 Å². The number of benzene rings is 2. The number of amides is 4. The van der Waals surface area contributed by atoms with E-state index in [0.717, 1.165) is 16.0 Å². The molecule has 1 spiro atoms. The van der Waals surface area contributed by atoms with Crippen molar-refractivity contribution in [3.63, 3.8) is 0 Å². The number of nitrogens with zero attached hydrogens (tertiary/aromatic N) is 4. The topological polar surface area (TPSA) is 204 Å². The summed E-state index contributed by atoms with van der Waals surface area (Å²) in [6.45, 7) is 3.42. The van der Waals surface area contributed by atoms with E-state index in [2.05, 4.69) is 20.6 Å². The number of hydrogen-bond donors (Lipinski definition) is 7. The Morgan fingerprint density at radius 1 is 1.17 bits per heavy atom. The quantitative estimate of drug-likeness (QED) is 0.137. The summed E-state index contributed by atoms with van der Waals surface area (Å²) in [7, 11) is 0. The molecular weight excluding hydrogens is 542 g/mol. The molecule has 4 heterocycles. The molecule has 4 amide bonds. The van der Waals surface area contributed by atoms with Crippen molar-refractivity contribution in [2.45, 2.75) is 49.8 Å². The third-order valence-electron chi connectivity index (χ3n) is 8.69. The summed E-state index contributed by atoms with van der Waals surface area (Å²) >= 11 is 0. The van der Waals surface area contributed by atoms with Crippen molar-refractivity contribution in [1.29, 1.82) is 0 Å². The molecule has 0 radical (unpaired) electrons. The lowest BCUT2D eigenvalue weighted by atomic mass is 9.84. The van der Waals surface area contributed by atoms with Crippen molar-refractivity contribution >= 4 is 35.5 Å². The Morgan fingerprint density at radius 2 is 1.90 bits per heavy atom. The Hall–Kier alpha value is -4.69. The molecule has 2 aromatic carbocycles. The first-order valence-electron chi connectivity index (χ1n) is 13.8. The van der Waals surface area contributed by atoms with Crippen molar-refractivity contribution in [2.24, 2.45) is 16.5 Å². The lowest BCUT2D eigenvalue weighted by molar-refractivity contribution is -0.521. The number of aryl methyl sites for hydroxylation is 1. The van der Waals surface area contributed by atoms with Crippen molar-refractivity contribution in [3.05, 3.63) is 65.2 Å². The maximum atomic E-state index is 13.4. The average Bonchev–Trinajstić information content (AvgIpc) is 3.54. The van der Waals surface area contributed by atoms with Crippen LogP contribution in [-0.4, -0.2) is 99.0 Å². The number of nitrogens with one attached hydrogen (secondary N) is 3. The molecule has 0 aromatic heterocycles. The predicted molar refractivity (Wildman–Crippen MR) is 152 cm³/mol. The molecule has 2 aromatic rings. The van der Waals surface area contributed by atoms with Crippen LogP contribution in [0, 0.1) is 6.92 Å². The highest BCUT2D eigenvalue weighted by molar-refractivity contribution is 6.12. The minimum atomic E-state index is -2.62. The van der Waals surface area contributed by atoms with Crippen LogP contribution >= 0.6 is 0 Å². The van der Waals surface area contributed by atoms with Crippen LogP contribution in [0.25, 0.3) is 0 Å². The van der Waals surface area contributed by atoms with Gasteiger partial charge in [0.2, 0.25) is 5.79 Å². The number of carbonyl (C=O) groups is 3. The molecule has 4 atom stereocenters. The number of carbonyl (C=O) groups excluding carboxylic acids is 3. The average molecular weight is 577 g/mol. The van der Waals surface area contributed by atoms with E-state index in [-0.39, 0.29) is 31.6 Å². The Morgan fingerprint density at radius 3 is 2.62 bits per heavy atom. The molecular formula is C28H34N9O5+. The molecule has 0 bridgehead atoms. The number of rotatable bonds is 6. The van der Waals surface area contributed by atoms with E-state index in [0.29, 0.717) is 17.7 Å². The first-order valence-corrected chi connectivity index (χ1v) is 13.8. The molecule has 4 aliphatic rings. The van der Waals surface area contributed by atoms with Gasteiger partial charge in [-0.15, -0.1) is 0 Å². The van der Waals surface area contributed by atoms with Crippen LogP contribution in [0.2, 0.25) is 0 Å². The van der Waals surface area contributed by atoms with Gasteiger partial charge in [0.05, 0.1) is 13.1 Å². The van der Waals surface area contributed by atoms with Crippen molar-refractivity contribution in [3.8, 4) is 0 Å². The van der Waals surface area contributed by atoms with E-state index in [1.165, 1.54) is 9.80 Å². The summed E-state index contributed by atoms with van der Waals surface area (Å²) in [5.74, 6) is -3.56. The van der Waals surface area contributed by atoms with E-state index in [1.54, 1.807) is 36.4 Å². The number of urea groups is 1. The number of para-hydroxylation sites is 1. The molecule has 42 heavy (non-hydrogen) atoms. The van der Waals surface area contributed by atoms with Crippen LogP contribution in [0.3, 0.4) is 0 Å². The summed E-state index contributed by atoms with van der Waals surface area (Å²) in [6.07, 6.45) is 0.621. The van der Waals surface area contributed by atoms with Gasteiger partial charge in [-0.1, -0.05) is 37.3 Å². The van der Waals surface area contributed by atoms with Crippen molar-refractivity contribution in [2.75, 3.05) is 24.5 Å². The normalized spacial score (nSPS) is 27.8. The second-order valence-electron chi connectivity index (χ2n) is 11.0. The zero-order valence-corrected chi connectivity index (χ0v) is 23.2. The van der Waals surface area contributed by atoms with Gasteiger partial charge in [-0.3, -0.25) is 35.0 Å². The lowest BCUT2D eigenvalue weighted by Crippen LogP contribution is -2.90. The Balaban J connectivity index is 1.29. The SMILES string of the molecule is CCc1c(C)cccc1C(=O)NC1CN2C(N)=N[C@@H](CN3C(=O)CN(c4ccccc4)C3=O)[C@@H]3[NH+]=C(N)N[C@@]32C1(O)O. The lowest BCUT2D eigenvalue weighted by Gasteiger charge is -2.46. The molecule has 2 fully saturated rings. The zero-order valence-electron chi connectivity index (χ0n) is 23.2. The van der Waals surface area contributed by atoms with E-state index < -0.39 is 47.4 Å². The van der Waals surface area contributed by atoms with Gasteiger partial charge in [-0.2, -0.15) is 0 Å². The van der Waals surface area contributed by atoms with Gasteiger partial charge in [0, 0.05) is 11.3 Å². The Kier molecular flexibility index (Phi) is 6.35. The smallest absolute Gasteiger partial charge is 0.343 e. The fourth-order valence-electron chi connectivity index (χ4n) is 6.66. The summed E-state index contributed by atoms with van der Waals surface area (Å²) < 4.78 is 0. The van der Waals surface area contributed by atoms with Gasteiger partial charge in [0.1, 0.15) is 18.6 Å². The Labute approximate surface area is 241 Å². The number of hydrogen-bond acceptors (Lipinski definition) is 10. The van der Waals surface area contributed by atoms with Crippen LogP contribution in [0.15, 0.2) is 53.5 Å². The van der Waals surface area contributed by atoms with Crippen LogP contribution in [0.4, 0.5) is 10.5 Å². The summed E-state index contributed by atoms with van der Waals surface area (Å²) in [4.78, 5) is 51.1. The van der Waals surface area contributed by atoms with Crippen molar-refractivity contribution in [1.82, 2.24) is 20.4 Å². The molecule has 4 aliphatic heterocycles. The molecule has 9 N–H and O–H groups in total. The summed E-state index contributed by atoms with van der Waals surface area (Å²) in [6, 6.07) is 10.6. The van der Waals surface area contributed by atoms with Crippen LogP contribution < -0.4 is 32.0 Å². The highest BCUT2D eigenvalue weighted by atomic mass is 16.5. The van der Waals surface area contributed by atoms with Crippen LogP contribution in [0.1, 0.15) is 28.4 Å². The van der Waals surface area contributed by atoms with E-state index in [1.807, 2.05) is 26.0 Å². The number of aliphatic hydroxyl groups is 2. The second-order valence-corrected chi connectivity index (χ2v) is 11.0. The molecule has 2 saturated heterocycles. The maximum Gasteiger partial charge on any atom is 0.343 e. The second kappa shape index (κ2) is 9.70. The zero-order chi connectivity index (χ0) is 30.0. The third-order valence-corrected chi connectivity index (χ3v) is 8.69. The van der Waals surface area contributed by atoms with Crippen LogP contribution in [-0.2, 0) is 11.2 Å². The van der Waals surface area contributed by atoms with E-state index in [9.17, 15) is 24.6 Å². The first kappa shape index (κ1) is 27.5. The van der Waals surface area contributed by atoms with Gasteiger partial charge in [0.25, 0.3) is 17.5 Å². The highest BCUT2D eigenvalue weighted by Crippen LogP contribution is 2.41. The number of nitrogens with two attached hydrogens (primary N) is 2. The molecule has 1 unspecified atom stereocenters. The molecule has 220 valence electrons. The standard InChI is InChI=1S/C28H33N9O5/c1-3-17-15(2)8-7-11-18(17)23(39)32-20-13-37-25(30)31-19(22-27(37,28(20,41)42)34-24(29)33-22)12-36-21(38)14-35(26(36)40)16-9-5-4-6-10-16/h4-11,19-20,22,41-42H,3,12-14H2,1-2H3,(H2,30,31)(H,32,39)(H3,29,33,34)/p+1/t19-,20?,22-,27-/m0/s1. The maximum absolute atomic E-state index is 13.4. The van der Waals surface area contributed by atoms with Crippen molar-refractivity contribution < 1.29 is 29.6 Å². The van der Waals surface area contributed by atoms with E-state index >= 15 is 0 Å². The summed E-state index contributed by atoms with van der Waals surface area (Å²) in [5, 5.41) is 29.2. The predicted octanol–water partition coefficient (Wildman–Crippen LogP) is -3.12.